The molecule has 0 radical (unpaired) electrons. The highest BCUT2D eigenvalue weighted by molar-refractivity contribution is 6.16. The van der Waals surface area contributed by atoms with Crippen LogP contribution in [-0.4, -0.2) is 27.0 Å². The largest absolute Gasteiger partial charge is 0.354 e. The molecule has 1 aliphatic rings. The monoisotopic (exact) mass is 292 g/mol. The van der Waals surface area contributed by atoms with Crippen LogP contribution in [0.1, 0.15) is 24.2 Å². The van der Waals surface area contributed by atoms with E-state index in [1.54, 1.807) is 6.20 Å². The molecule has 20 heavy (non-hydrogen) atoms. The van der Waals surface area contributed by atoms with Crippen molar-refractivity contribution >= 4 is 28.7 Å². The molecule has 1 saturated carbocycles. The molecular formula is C14H17ClN4O. The number of halogens is 1. The minimum atomic E-state index is 0.158. The topological polar surface area (TPSA) is 59.8 Å². The highest BCUT2D eigenvalue weighted by atomic mass is 35.5. The summed E-state index contributed by atoms with van der Waals surface area (Å²) >= 11 is 5.96. The fourth-order valence-electron chi connectivity index (χ4n) is 2.30. The van der Waals surface area contributed by atoms with Gasteiger partial charge in [-0.05, 0) is 31.4 Å². The van der Waals surface area contributed by atoms with Crippen LogP contribution in [0.3, 0.4) is 0 Å². The van der Waals surface area contributed by atoms with Crippen molar-refractivity contribution in [2.45, 2.75) is 32.2 Å². The summed E-state index contributed by atoms with van der Waals surface area (Å²) in [6.45, 7) is 3.24. The third-order valence-corrected chi connectivity index (χ3v) is 3.86. The van der Waals surface area contributed by atoms with Gasteiger partial charge >= 0.3 is 0 Å². The smallest absolute Gasteiger partial charge is 0.223 e. The first-order chi connectivity index (χ1) is 9.70. The maximum absolute atomic E-state index is 11.6. The maximum Gasteiger partial charge on any atom is 0.223 e. The second-order valence-electron chi connectivity index (χ2n) is 5.18. The van der Waals surface area contributed by atoms with Crippen LogP contribution in [0.25, 0.3) is 11.2 Å². The normalized spacial score (nSPS) is 14.7. The third kappa shape index (κ3) is 2.50. The van der Waals surface area contributed by atoms with E-state index in [2.05, 4.69) is 15.3 Å². The van der Waals surface area contributed by atoms with Crippen LogP contribution in [0, 0.1) is 12.8 Å². The molecule has 0 bridgehead atoms. The average Bonchev–Trinajstić information content (AvgIpc) is 3.23. The van der Waals surface area contributed by atoms with E-state index in [4.69, 9.17) is 11.6 Å². The average molecular weight is 293 g/mol. The molecule has 1 amide bonds. The van der Waals surface area contributed by atoms with E-state index in [0.717, 1.165) is 35.4 Å². The molecule has 2 aromatic heterocycles. The molecule has 1 fully saturated rings. The summed E-state index contributed by atoms with van der Waals surface area (Å²) in [7, 11) is 0. The number of aromatic nitrogens is 3. The zero-order chi connectivity index (χ0) is 14.1. The van der Waals surface area contributed by atoms with E-state index < -0.39 is 0 Å². The number of imidazole rings is 1. The Bertz CT molecular complexity index is 648. The number of hydrogen-bond donors (Lipinski definition) is 1. The van der Waals surface area contributed by atoms with E-state index in [1.165, 1.54) is 0 Å². The first-order valence-electron chi connectivity index (χ1n) is 6.85. The van der Waals surface area contributed by atoms with E-state index in [0.29, 0.717) is 19.0 Å². The predicted octanol–water partition coefficient (Wildman–Crippen LogP) is 2.00. The van der Waals surface area contributed by atoms with Crippen molar-refractivity contribution < 1.29 is 4.79 Å². The zero-order valence-corrected chi connectivity index (χ0v) is 12.2. The van der Waals surface area contributed by atoms with Crippen molar-refractivity contribution in [3.05, 3.63) is 23.7 Å². The molecular weight excluding hydrogens is 276 g/mol. The van der Waals surface area contributed by atoms with E-state index in [9.17, 15) is 4.79 Å². The number of pyridine rings is 1. The predicted molar refractivity (Wildman–Crippen MR) is 77.6 cm³/mol. The van der Waals surface area contributed by atoms with Gasteiger partial charge in [0.05, 0.1) is 5.88 Å². The Hall–Kier alpha value is -1.62. The number of fused-ring (bicyclic) bond motifs is 1. The summed E-state index contributed by atoms with van der Waals surface area (Å²) in [4.78, 5) is 20.5. The van der Waals surface area contributed by atoms with Gasteiger partial charge in [-0.15, -0.1) is 11.6 Å². The molecule has 0 aliphatic heterocycles. The van der Waals surface area contributed by atoms with Gasteiger partial charge in [0, 0.05) is 25.2 Å². The van der Waals surface area contributed by atoms with Crippen LogP contribution < -0.4 is 5.32 Å². The van der Waals surface area contributed by atoms with Crippen molar-refractivity contribution in [2.75, 3.05) is 6.54 Å². The molecule has 1 N–H and O–H groups in total. The molecule has 106 valence electrons. The fourth-order valence-corrected chi connectivity index (χ4v) is 2.51. The Balaban J connectivity index is 1.78. The Labute approximate surface area is 122 Å². The lowest BCUT2D eigenvalue weighted by Crippen LogP contribution is -2.28. The van der Waals surface area contributed by atoms with Crippen LogP contribution in [-0.2, 0) is 17.2 Å². The molecule has 0 atom stereocenters. The molecule has 5 nitrogen and oxygen atoms in total. The summed E-state index contributed by atoms with van der Waals surface area (Å²) in [5.41, 5.74) is 2.81. The van der Waals surface area contributed by atoms with Crippen LogP contribution >= 0.6 is 11.6 Å². The number of aryl methyl sites for hydroxylation is 1. The van der Waals surface area contributed by atoms with Gasteiger partial charge in [-0.25, -0.2) is 9.97 Å². The fraction of sp³-hybridized carbons (Fsp3) is 0.500. The Kier molecular flexibility index (Phi) is 3.61. The Morgan fingerprint density at radius 2 is 2.35 bits per heavy atom. The number of carbonyl (C=O) groups excluding carboxylic acids is 1. The molecule has 2 aromatic rings. The van der Waals surface area contributed by atoms with Crippen molar-refractivity contribution in [3.8, 4) is 0 Å². The van der Waals surface area contributed by atoms with E-state index in [1.807, 2.05) is 17.6 Å². The zero-order valence-electron chi connectivity index (χ0n) is 11.4. The standard InChI is InChI=1S/C14H17ClN4O/c1-9-4-5-16-13-12(9)18-11(8-15)19(13)7-6-17-14(20)10-2-3-10/h4-5,10H,2-3,6-8H2,1H3,(H,17,20). The molecule has 0 unspecified atom stereocenters. The molecule has 6 heteroatoms. The van der Waals surface area contributed by atoms with Crippen molar-refractivity contribution in [3.63, 3.8) is 0 Å². The number of nitrogens with one attached hydrogen (secondary N) is 1. The first-order valence-corrected chi connectivity index (χ1v) is 7.38. The van der Waals surface area contributed by atoms with Crippen molar-refractivity contribution in [2.24, 2.45) is 5.92 Å². The minimum absolute atomic E-state index is 0.158. The number of amides is 1. The lowest BCUT2D eigenvalue weighted by molar-refractivity contribution is -0.122. The Morgan fingerprint density at radius 1 is 1.55 bits per heavy atom. The van der Waals surface area contributed by atoms with Crippen LogP contribution in [0.4, 0.5) is 0 Å². The van der Waals surface area contributed by atoms with Crippen LogP contribution in [0.5, 0.6) is 0 Å². The van der Waals surface area contributed by atoms with Crippen LogP contribution in [0.2, 0.25) is 0 Å². The second-order valence-corrected chi connectivity index (χ2v) is 5.45. The van der Waals surface area contributed by atoms with Crippen molar-refractivity contribution in [1.29, 1.82) is 0 Å². The summed E-state index contributed by atoms with van der Waals surface area (Å²) in [6.07, 6.45) is 3.82. The quantitative estimate of drug-likeness (QED) is 0.858. The maximum atomic E-state index is 11.6. The SMILES string of the molecule is Cc1ccnc2c1nc(CCl)n2CCNC(=O)C1CC1. The van der Waals surface area contributed by atoms with Gasteiger partial charge in [0.25, 0.3) is 0 Å². The molecule has 3 rings (SSSR count). The van der Waals surface area contributed by atoms with Crippen LogP contribution in [0.15, 0.2) is 12.3 Å². The number of rotatable bonds is 5. The molecule has 2 heterocycles. The van der Waals surface area contributed by atoms with Crippen molar-refractivity contribution in [1.82, 2.24) is 19.9 Å². The van der Waals surface area contributed by atoms with E-state index in [-0.39, 0.29) is 11.8 Å². The van der Waals surface area contributed by atoms with Gasteiger partial charge in [0.15, 0.2) is 5.65 Å². The minimum Gasteiger partial charge on any atom is -0.354 e. The molecule has 0 spiro atoms. The second kappa shape index (κ2) is 5.40. The summed E-state index contributed by atoms with van der Waals surface area (Å²) in [6, 6.07) is 1.94. The summed E-state index contributed by atoms with van der Waals surface area (Å²) in [5.74, 6) is 1.53. The van der Waals surface area contributed by atoms with Gasteiger partial charge in [0.2, 0.25) is 5.91 Å². The van der Waals surface area contributed by atoms with Gasteiger partial charge in [-0.2, -0.15) is 0 Å². The lowest BCUT2D eigenvalue weighted by Gasteiger charge is -2.08. The summed E-state index contributed by atoms with van der Waals surface area (Å²) < 4.78 is 1.99. The molecule has 0 aromatic carbocycles. The van der Waals surface area contributed by atoms with Gasteiger partial charge < -0.3 is 9.88 Å². The molecule has 1 aliphatic carbocycles. The first kappa shape index (κ1) is 13.4. The highest BCUT2D eigenvalue weighted by Crippen LogP contribution is 2.28. The van der Waals surface area contributed by atoms with E-state index >= 15 is 0 Å². The highest BCUT2D eigenvalue weighted by Gasteiger charge is 2.29. The lowest BCUT2D eigenvalue weighted by atomic mass is 10.3. The number of carbonyl (C=O) groups is 1. The molecule has 0 saturated heterocycles. The van der Waals surface area contributed by atoms with Gasteiger partial charge in [0.1, 0.15) is 11.3 Å². The third-order valence-electron chi connectivity index (χ3n) is 3.62. The van der Waals surface area contributed by atoms with Gasteiger partial charge in [-0.3, -0.25) is 4.79 Å². The number of alkyl halides is 1. The number of hydrogen-bond acceptors (Lipinski definition) is 3. The summed E-state index contributed by atoms with van der Waals surface area (Å²) in [5, 5.41) is 2.96. The van der Waals surface area contributed by atoms with Gasteiger partial charge in [-0.1, -0.05) is 0 Å². The Morgan fingerprint density at radius 3 is 3.05 bits per heavy atom. The number of nitrogens with zero attached hydrogens (tertiary/aromatic N) is 3.